The van der Waals surface area contributed by atoms with E-state index in [1.54, 1.807) is 6.92 Å². The van der Waals surface area contributed by atoms with Crippen LogP contribution in [-0.4, -0.2) is 15.6 Å². The fourth-order valence-electron chi connectivity index (χ4n) is 2.53. The van der Waals surface area contributed by atoms with Crippen LogP contribution in [-0.2, 0) is 4.79 Å². The maximum absolute atomic E-state index is 11.4. The highest BCUT2D eigenvalue weighted by atomic mass is 16.4. The molecule has 0 saturated heterocycles. The number of hydrogen-bond donors (Lipinski definition) is 1. The second-order valence-electron chi connectivity index (χ2n) is 4.84. The summed E-state index contributed by atoms with van der Waals surface area (Å²) in [6, 6.07) is 19.2. The van der Waals surface area contributed by atoms with Crippen molar-refractivity contribution in [1.82, 2.24) is 4.57 Å². The van der Waals surface area contributed by atoms with E-state index in [1.165, 1.54) is 0 Å². The lowest BCUT2D eigenvalue weighted by Gasteiger charge is -2.15. The first-order valence-corrected chi connectivity index (χ1v) is 6.56. The summed E-state index contributed by atoms with van der Waals surface area (Å²) < 4.78 is 1.88. The molecule has 0 aliphatic rings. The average molecular weight is 265 g/mol. The zero-order chi connectivity index (χ0) is 14.1. The SMILES string of the molecule is CC(C(=O)O)n1c(-c2ccccc2)cc2ccccc21. The third-order valence-corrected chi connectivity index (χ3v) is 3.56. The zero-order valence-corrected chi connectivity index (χ0v) is 11.2. The molecule has 1 atom stereocenters. The predicted octanol–water partition coefficient (Wildman–Crippen LogP) is 3.95. The molecule has 0 aliphatic carbocycles. The highest BCUT2D eigenvalue weighted by Crippen LogP contribution is 2.31. The van der Waals surface area contributed by atoms with E-state index in [1.807, 2.05) is 65.2 Å². The van der Waals surface area contributed by atoms with Crippen molar-refractivity contribution >= 4 is 16.9 Å². The van der Waals surface area contributed by atoms with Crippen LogP contribution in [0.4, 0.5) is 0 Å². The lowest BCUT2D eigenvalue weighted by atomic mass is 10.1. The van der Waals surface area contributed by atoms with Crippen molar-refractivity contribution in [3.05, 3.63) is 60.7 Å². The molecule has 0 radical (unpaired) electrons. The molecule has 0 aliphatic heterocycles. The highest BCUT2D eigenvalue weighted by Gasteiger charge is 2.20. The number of benzene rings is 2. The van der Waals surface area contributed by atoms with Crippen LogP contribution in [0.2, 0.25) is 0 Å². The Morgan fingerprint density at radius 3 is 2.40 bits per heavy atom. The maximum atomic E-state index is 11.4. The molecule has 0 amide bonds. The van der Waals surface area contributed by atoms with Gasteiger partial charge < -0.3 is 9.67 Å². The molecule has 0 fully saturated rings. The Hall–Kier alpha value is -2.55. The average Bonchev–Trinajstić information content (AvgIpc) is 2.86. The number of carboxylic acids is 1. The Morgan fingerprint density at radius 1 is 1.05 bits per heavy atom. The Morgan fingerprint density at radius 2 is 1.70 bits per heavy atom. The second kappa shape index (κ2) is 4.85. The number of para-hydroxylation sites is 1. The Bertz CT molecular complexity index is 759. The number of fused-ring (bicyclic) bond motifs is 1. The van der Waals surface area contributed by atoms with E-state index in [-0.39, 0.29) is 0 Å². The molecule has 1 unspecified atom stereocenters. The van der Waals surface area contributed by atoms with E-state index in [0.717, 1.165) is 22.2 Å². The topological polar surface area (TPSA) is 42.2 Å². The van der Waals surface area contributed by atoms with Crippen LogP contribution in [0.15, 0.2) is 60.7 Å². The summed E-state index contributed by atoms with van der Waals surface area (Å²) >= 11 is 0. The third kappa shape index (κ3) is 1.97. The fraction of sp³-hybridized carbons (Fsp3) is 0.118. The van der Waals surface area contributed by atoms with E-state index in [2.05, 4.69) is 0 Å². The van der Waals surface area contributed by atoms with E-state index in [0.29, 0.717) is 0 Å². The molecule has 100 valence electrons. The summed E-state index contributed by atoms with van der Waals surface area (Å²) in [5.41, 5.74) is 2.90. The molecule has 0 bridgehead atoms. The van der Waals surface area contributed by atoms with Crippen LogP contribution in [0.3, 0.4) is 0 Å². The van der Waals surface area contributed by atoms with Gasteiger partial charge in [-0.3, -0.25) is 0 Å². The van der Waals surface area contributed by atoms with Gasteiger partial charge in [0.2, 0.25) is 0 Å². The summed E-state index contributed by atoms with van der Waals surface area (Å²) in [4.78, 5) is 11.4. The normalized spacial score (nSPS) is 12.4. The van der Waals surface area contributed by atoms with Crippen LogP contribution >= 0.6 is 0 Å². The summed E-state index contributed by atoms with van der Waals surface area (Å²) in [5, 5.41) is 10.4. The minimum Gasteiger partial charge on any atom is -0.480 e. The smallest absolute Gasteiger partial charge is 0.326 e. The largest absolute Gasteiger partial charge is 0.480 e. The van der Waals surface area contributed by atoms with Gasteiger partial charge >= 0.3 is 5.97 Å². The number of carbonyl (C=O) groups is 1. The Labute approximate surface area is 117 Å². The van der Waals surface area contributed by atoms with Crippen LogP contribution in [0, 0.1) is 0 Å². The van der Waals surface area contributed by atoms with E-state index in [9.17, 15) is 9.90 Å². The number of aliphatic carboxylic acids is 1. The van der Waals surface area contributed by atoms with Gasteiger partial charge in [0.15, 0.2) is 0 Å². The van der Waals surface area contributed by atoms with Crippen molar-refractivity contribution in [2.45, 2.75) is 13.0 Å². The molecular formula is C17H15NO2. The minimum absolute atomic E-state index is 0.606. The van der Waals surface area contributed by atoms with Crippen molar-refractivity contribution in [1.29, 1.82) is 0 Å². The molecule has 3 aromatic rings. The van der Waals surface area contributed by atoms with Crippen LogP contribution in [0.1, 0.15) is 13.0 Å². The van der Waals surface area contributed by atoms with Gasteiger partial charge in [0, 0.05) is 16.6 Å². The fourth-order valence-corrected chi connectivity index (χ4v) is 2.53. The van der Waals surface area contributed by atoms with Gasteiger partial charge in [0.25, 0.3) is 0 Å². The quantitative estimate of drug-likeness (QED) is 0.779. The van der Waals surface area contributed by atoms with Crippen molar-refractivity contribution < 1.29 is 9.90 Å². The zero-order valence-electron chi connectivity index (χ0n) is 11.2. The molecule has 20 heavy (non-hydrogen) atoms. The predicted molar refractivity (Wildman–Crippen MR) is 79.7 cm³/mol. The number of aromatic nitrogens is 1. The van der Waals surface area contributed by atoms with Gasteiger partial charge in [-0.15, -0.1) is 0 Å². The molecule has 3 nitrogen and oxygen atoms in total. The van der Waals surface area contributed by atoms with E-state index in [4.69, 9.17) is 0 Å². The summed E-state index contributed by atoms with van der Waals surface area (Å²) in [7, 11) is 0. The van der Waals surface area contributed by atoms with E-state index < -0.39 is 12.0 Å². The van der Waals surface area contributed by atoms with Gasteiger partial charge in [-0.05, 0) is 24.6 Å². The van der Waals surface area contributed by atoms with Gasteiger partial charge in [-0.1, -0.05) is 48.5 Å². The maximum Gasteiger partial charge on any atom is 0.326 e. The first-order chi connectivity index (χ1) is 9.68. The standard InChI is InChI=1S/C17H15NO2/c1-12(17(19)20)18-15-10-6-5-9-14(15)11-16(18)13-7-3-2-4-8-13/h2-12H,1H3,(H,19,20). The number of rotatable bonds is 3. The molecule has 3 heteroatoms. The number of hydrogen-bond acceptors (Lipinski definition) is 1. The Kier molecular flexibility index (Phi) is 3.03. The molecule has 0 spiro atoms. The van der Waals surface area contributed by atoms with E-state index >= 15 is 0 Å². The number of carboxylic acid groups (broad SMARTS) is 1. The summed E-state index contributed by atoms with van der Waals surface area (Å²) in [6.07, 6.45) is 0. The highest BCUT2D eigenvalue weighted by molar-refractivity contribution is 5.89. The molecular weight excluding hydrogens is 250 g/mol. The lowest BCUT2D eigenvalue weighted by Crippen LogP contribution is -2.16. The van der Waals surface area contributed by atoms with Gasteiger partial charge in [0.1, 0.15) is 6.04 Å². The van der Waals surface area contributed by atoms with Crippen LogP contribution in [0.25, 0.3) is 22.2 Å². The monoisotopic (exact) mass is 265 g/mol. The van der Waals surface area contributed by atoms with Crippen LogP contribution in [0.5, 0.6) is 0 Å². The summed E-state index contributed by atoms with van der Waals surface area (Å²) in [5.74, 6) is -0.830. The third-order valence-electron chi connectivity index (χ3n) is 3.56. The molecule has 1 heterocycles. The van der Waals surface area contributed by atoms with Gasteiger partial charge in [0.05, 0.1) is 0 Å². The van der Waals surface area contributed by atoms with Crippen LogP contribution < -0.4 is 0 Å². The molecule has 0 saturated carbocycles. The molecule has 1 aromatic heterocycles. The van der Waals surface area contributed by atoms with Gasteiger partial charge in [-0.2, -0.15) is 0 Å². The molecule has 1 N–H and O–H groups in total. The second-order valence-corrected chi connectivity index (χ2v) is 4.84. The minimum atomic E-state index is -0.830. The number of nitrogens with zero attached hydrogens (tertiary/aromatic N) is 1. The van der Waals surface area contributed by atoms with Crippen molar-refractivity contribution in [2.75, 3.05) is 0 Å². The molecule has 2 aromatic carbocycles. The Balaban J connectivity index is 2.31. The first kappa shape index (κ1) is 12.5. The van der Waals surface area contributed by atoms with Gasteiger partial charge in [-0.25, -0.2) is 4.79 Å². The first-order valence-electron chi connectivity index (χ1n) is 6.56. The van der Waals surface area contributed by atoms with Crippen molar-refractivity contribution in [3.63, 3.8) is 0 Å². The van der Waals surface area contributed by atoms with Crippen molar-refractivity contribution in [2.24, 2.45) is 0 Å². The molecule has 3 rings (SSSR count). The summed E-state index contributed by atoms with van der Waals surface area (Å²) in [6.45, 7) is 1.71. The lowest BCUT2D eigenvalue weighted by molar-refractivity contribution is -0.140. The van der Waals surface area contributed by atoms with Crippen molar-refractivity contribution in [3.8, 4) is 11.3 Å².